The minimum Gasteiger partial charge on any atom is -0.296 e. The van der Waals surface area contributed by atoms with Crippen LogP contribution in [0.5, 0.6) is 0 Å². The molecule has 1 saturated heterocycles. The molecule has 4 rings (SSSR count). The summed E-state index contributed by atoms with van der Waals surface area (Å²) in [5.74, 6) is -0.558. The molecule has 1 fully saturated rings. The van der Waals surface area contributed by atoms with Crippen molar-refractivity contribution in [3.05, 3.63) is 71.1 Å². The van der Waals surface area contributed by atoms with Crippen LogP contribution < -0.4 is 0 Å². The molecule has 2 aromatic carbocycles. The normalized spacial score (nSPS) is 16.5. The molecule has 0 atom stereocenters. The van der Waals surface area contributed by atoms with Gasteiger partial charge in [-0.15, -0.1) is 0 Å². The van der Waals surface area contributed by atoms with E-state index in [2.05, 4.69) is 9.88 Å². The largest absolute Gasteiger partial charge is 0.296 e. The molecular weight excluding hydrogens is 401 g/mol. The fourth-order valence-electron chi connectivity index (χ4n) is 3.46. The third kappa shape index (κ3) is 3.75. The molecule has 1 aliphatic heterocycles. The number of benzene rings is 2. The van der Waals surface area contributed by atoms with E-state index in [-0.39, 0.29) is 4.90 Å². The number of hydrogen-bond donors (Lipinski definition) is 0. The summed E-state index contributed by atoms with van der Waals surface area (Å²) >= 11 is 6.41. The van der Waals surface area contributed by atoms with Gasteiger partial charge in [0.25, 0.3) is 0 Å². The van der Waals surface area contributed by atoms with Crippen LogP contribution in [0.4, 0.5) is 4.39 Å². The first-order valence-corrected chi connectivity index (χ1v) is 10.8. The Balaban J connectivity index is 1.49. The standard InChI is InChI=1S/C20H19ClFN3O2S/c21-19-7-6-15-3-2-8-23-20(15)18(19)14-24-9-11-25(12-10-24)28(26,27)17-5-1-4-16(22)13-17/h1-8,13H,9-12,14H2. The zero-order valence-electron chi connectivity index (χ0n) is 15.1. The third-order valence-corrected chi connectivity index (χ3v) is 7.22. The molecule has 28 heavy (non-hydrogen) atoms. The highest BCUT2D eigenvalue weighted by Crippen LogP contribution is 2.27. The van der Waals surface area contributed by atoms with Crippen LogP contribution in [0.3, 0.4) is 0 Å². The van der Waals surface area contributed by atoms with Gasteiger partial charge in [0.15, 0.2) is 0 Å². The first-order valence-electron chi connectivity index (χ1n) is 8.95. The predicted molar refractivity (Wildman–Crippen MR) is 107 cm³/mol. The molecule has 0 unspecified atom stereocenters. The number of nitrogens with zero attached hydrogens (tertiary/aromatic N) is 3. The molecule has 0 bridgehead atoms. The van der Waals surface area contributed by atoms with E-state index in [4.69, 9.17) is 11.6 Å². The van der Waals surface area contributed by atoms with Gasteiger partial charge in [-0.25, -0.2) is 12.8 Å². The number of halogens is 2. The van der Waals surface area contributed by atoms with Gasteiger partial charge in [0.2, 0.25) is 10.0 Å². The molecule has 1 aliphatic rings. The fourth-order valence-corrected chi connectivity index (χ4v) is 5.13. The summed E-state index contributed by atoms with van der Waals surface area (Å²) < 4.78 is 40.3. The molecule has 8 heteroatoms. The van der Waals surface area contributed by atoms with Gasteiger partial charge in [-0.1, -0.05) is 29.8 Å². The lowest BCUT2D eigenvalue weighted by Crippen LogP contribution is -2.48. The molecule has 146 valence electrons. The highest BCUT2D eigenvalue weighted by Gasteiger charge is 2.29. The summed E-state index contributed by atoms with van der Waals surface area (Å²) in [6, 6.07) is 12.8. The van der Waals surface area contributed by atoms with E-state index in [1.54, 1.807) is 6.20 Å². The van der Waals surface area contributed by atoms with Crippen molar-refractivity contribution in [2.75, 3.05) is 26.2 Å². The summed E-state index contributed by atoms with van der Waals surface area (Å²) in [4.78, 5) is 6.60. The number of fused-ring (bicyclic) bond motifs is 1. The summed E-state index contributed by atoms with van der Waals surface area (Å²) in [6.45, 7) is 2.41. The van der Waals surface area contributed by atoms with Crippen molar-refractivity contribution in [1.82, 2.24) is 14.2 Å². The molecule has 0 spiro atoms. The van der Waals surface area contributed by atoms with Crippen LogP contribution in [0.2, 0.25) is 5.02 Å². The Bertz CT molecular complexity index is 1120. The van der Waals surface area contributed by atoms with Crippen LogP contribution in [0.15, 0.2) is 59.6 Å². The number of hydrogen-bond acceptors (Lipinski definition) is 4. The zero-order chi connectivity index (χ0) is 19.7. The van der Waals surface area contributed by atoms with Crippen molar-refractivity contribution >= 4 is 32.5 Å². The monoisotopic (exact) mass is 419 g/mol. The quantitative estimate of drug-likeness (QED) is 0.649. The number of aromatic nitrogens is 1. The number of sulfonamides is 1. The summed E-state index contributed by atoms with van der Waals surface area (Å²) in [7, 11) is -3.70. The van der Waals surface area contributed by atoms with Gasteiger partial charge in [0.05, 0.1) is 10.4 Å². The maximum Gasteiger partial charge on any atom is 0.243 e. The molecular formula is C20H19ClFN3O2S. The van der Waals surface area contributed by atoms with Gasteiger partial charge < -0.3 is 0 Å². The van der Waals surface area contributed by atoms with Gasteiger partial charge in [0, 0.05) is 54.9 Å². The molecule has 0 amide bonds. The van der Waals surface area contributed by atoms with Crippen LogP contribution >= 0.6 is 11.6 Å². The van der Waals surface area contributed by atoms with Gasteiger partial charge in [0.1, 0.15) is 5.82 Å². The Morgan fingerprint density at radius 3 is 2.57 bits per heavy atom. The van der Waals surface area contributed by atoms with Crippen molar-refractivity contribution in [2.24, 2.45) is 0 Å². The van der Waals surface area contributed by atoms with Crippen molar-refractivity contribution in [3.63, 3.8) is 0 Å². The number of pyridine rings is 1. The molecule has 0 aliphatic carbocycles. The first-order chi connectivity index (χ1) is 13.4. The molecule has 5 nitrogen and oxygen atoms in total. The Morgan fingerprint density at radius 1 is 1.04 bits per heavy atom. The van der Waals surface area contributed by atoms with Crippen molar-refractivity contribution in [2.45, 2.75) is 11.4 Å². The van der Waals surface area contributed by atoms with E-state index in [0.717, 1.165) is 22.5 Å². The molecule has 2 heterocycles. The average Bonchev–Trinajstić information content (AvgIpc) is 2.70. The van der Waals surface area contributed by atoms with E-state index in [1.807, 2.05) is 24.3 Å². The van der Waals surface area contributed by atoms with Gasteiger partial charge in [-0.2, -0.15) is 4.31 Å². The summed E-state index contributed by atoms with van der Waals surface area (Å²) in [6.07, 6.45) is 1.74. The molecule has 3 aromatic rings. The molecule has 0 N–H and O–H groups in total. The van der Waals surface area contributed by atoms with E-state index < -0.39 is 15.8 Å². The van der Waals surface area contributed by atoms with Gasteiger partial charge in [-0.05, 0) is 30.3 Å². The lowest BCUT2D eigenvalue weighted by atomic mass is 10.1. The number of piperazine rings is 1. The van der Waals surface area contributed by atoms with E-state index in [9.17, 15) is 12.8 Å². The molecule has 0 saturated carbocycles. The average molecular weight is 420 g/mol. The SMILES string of the molecule is O=S(=O)(c1cccc(F)c1)N1CCN(Cc2c(Cl)ccc3cccnc23)CC1. The first kappa shape index (κ1) is 19.3. The molecule has 0 radical (unpaired) electrons. The third-order valence-electron chi connectivity index (χ3n) is 4.97. The highest BCUT2D eigenvalue weighted by molar-refractivity contribution is 7.89. The van der Waals surface area contributed by atoms with Gasteiger partial charge in [-0.3, -0.25) is 9.88 Å². The second-order valence-corrected chi connectivity index (χ2v) is 9.08. The molecule has 1 aromatic heterocycles. The summed E-state index contributed by atoms with van der Waals surface area (Å²) in [5, 5.41) is 1.68. The van der Waals surface area contributed by atoms with E-state index >= 15 is 0 Å². The van der Waals surface area contributed by atoms with E-state index in [0.29, 0.717) is 37.7 Å². The second kappa shape index (κ2) is 7.75. The van der Waals surface area contributed by atoms with Crippen LogP contribution in [0.25, 0.3) is 10.9 Å². The minimum atomic E-state index is -3.70. The zero-order valence-corrected chi connectivity index (χ0v) is 16.6. The Labute approximate surface area is 168 Å². The maximum atomic E-state index is 13.4. The Hall–Kier alpha value is -2.06. The minimum absolute atomic E-state index is 0.0118. The van der Waals surface area contributed by atoms with Crippen LogP contribution in [-0.2, 0) is 16.6 Å². The van der Waals surface area contributed by atoms with Crippen molar-refractivity contribution in [1.29, 1.82) is 0 Å². The number of rotatable bonds is 4. The predicted octanol–water partition coefficient (Wildman–Crippen LogP) is 3.53. The topological polar surface area (TPSA) is 53.5 Å². The highest BCUT2D eigenvalue weighted by atomic mass is 35.5. The van der Waals surface area contributed by atoms with Gasteiger partial charge >= 0.3 is 0 Å². The van der Waals surface area contributed by atoms with Crippen molar-refractivity contribution < 1.29 is 12.8 Å². The van der Waals surface area contributed by atoms with E-state index in [1.165, 1.54) is 22.5 Å². The second-order valence-electron chi connectivity index (χ2n) is 6.74. The summed E-state index contributed by atoms with van der Waals surface area (Å²) in [5.41, 5.74) is 1.81. The van der Waals surface area contributed by atoms with Crippen LogP contribution in [0, 0.1) is 5.82 Å². The van der Waals surface area contributed by atoms with Crippen LogP contribution in [0.1, 0.15) is 5.56 Å². The Kier molecular flexibility index (Phi) is 5.33. The van der Waals surface area contributed by atoms with Crippen molar-refractivity contribution in [3.8, 4) is 0 Å². The Morgan fingerprint density at radius 2 is 1.82 bits per heavy atom. The van der Waals surface area contributed by atoms with Crippen LogP contribution in [-0.4, -0.2) is 48.8 Å². The lowest BCUT2D eigenvalue weighted by molar-refractivity contribution is 0.182. The fraction of sp³-hybridized carbons (Fsp3) is 0.250. The lowest BCUT2D eigenvalue weighted by Gasteiger charge is -2.34. The maximum absolute atomic E-state index is 13.4. The smallest absolute Gasteiger partial charge is 0.243 e.